The number of hydrogen-bond acceptors (Lipinski definition) is 1. The maximum atomic E-state index is 10.1. The normalized spacial score (nSPS) is 29.1. The molecule has 1 heterocycles. The Bertz CT molecular complexity index is 1160. The average molecular weight is 369 g/mol. The number of H-pyrrole nitrogens is 1. The number of rotatable bonds is 1. The van der Waals surface area contributed by atoms with Gasteiger partial charge in [-0.05, 0) is 66.9 Å². The van der Waals surface area contributed by atoms with Crippen LogP contribution in [0.4, 0.5) is 0 Å². The van der Waals surface area contributed by atoms with Crippen LogP contribution in [0.15, 0.2) is 48.1 Å². The number of hydrogen-bond donors (Lipinski definition) is 1. The minimum atomic E-state index is -0.355. The lowest BCUT2D eigenvalue weighted by molar-refractivity contribution is 0.303. The number of nitrogens with one attached hydrogen (secondary N) is 1. The van der Waals surface area contributed by atoms with Crippen LogP contribution in [0, 0.1) is 22.7 Å². The van der Waals surface area contributed by atoms with Crippen LogP contribution in [-0.4, -0.2) is 4.98 Å². The van der Waals surface area contributed by atoms with Crippen molar-refractivity contribution >= 4 is 16.5 Å². The van der Waals surface area contributed by atoms with E-state index in [2.05, 4.69) is 82.6 Å². The third kappa shape index (κ3) is 1.83. The van der Waals surface area contributed by atoms with Crippen molar-refractivity contribution in [2.75, 3.05) is 0 Å². The molecule has 0 saturated heterocycles. The van der Waals surface area contributed by atoms with E-state index in [1.54, 1.807) is 0 Å². The molecule has 28 heavy (non-hydrogen) atoms. The molecule has 3 aliphatic carbocycles. The molecule has 2 aromatic rings. The van der Waals surface area contributed by atoms with E-state index in [1.807, 2.05) is 0 Å². The quantitative estimate of drug-likeness (QED) is 0.569. The molecule has 2 heteroatoms. The van der Waals surface area contributed by atoms with E-state index < -0.39 is 0 Å². The molecule has 1 aromatic heterocycles. The summed E-state index contributed by atoms with van der Waals surface area (Å²) in [5, 5.41) is 11.4. The van der Waals surface area contributed by atoms with Crippen molar-refractivity contribution in [1.29, 1.82) is 5.26 Å². The lowest BCUT2D eigenvalue weighted by Crippen LogP contribution is -2.38. The molecule has 0 radical (unpaired) electrons. The second-order valence-electron chi connectivity index (χ2n) is 10.2. The van der Waals surface area contributed by atoms with Crippen LogP contribution >= 0.6 is 0 Å². The Labute approximate surface area is 167 Å². The lowest BCUT2D eigenvalue weighted by atomic mass is 9.55. The van der Waals surface area contributed by atoms with Gasteiger partial charge in [-0.25, -0.2) is 0 Å². The first-order chi connectivity index (χ1) is 13.2. The Kier molecular flexibility index (Phi) is 3.19. The van der Waals surface area contributed by atoms with Crippen molar-refractivity contribution in [3.05, 3.63) is 64.9 Å². The Morgan fingerprint density at radius 3 is 2.64 bits per heavy atom. The molecular formula is C26H28N2. The number of benzene rings is 1. The largest absolute Gasteiger partial charge is 0.357 e. The Morgan fingerprint density at radius 1 is 1.21 bits per heavy atom. The van der Waals surface area contributed by atoms with E-state index >= 15 is 0 Å². The van der Waals surface area contributed by atoms with Crippen LogP contribution in [-0.2, 0) is 10.8 Å². The van der Waals surface area contributed by atoms with Crippen LogP contribution in [0.5, 0.6) is 0 Å². The summed E-state index contributed by atoms with van der Waals surface area (Å²) in [6.07, 6.45) is 6.52. The first kappa shape index (κ1) is 17.6. The van der Waals surface area contributed by atoms with Crippen molar-refractivity contribution < 1.29 is 0 Å². The molecule has 2 unspecified atom stereocenters. The fourth-order valence-electron chi connectivity index (χ4n) is 6.05. The van der Waals surface area contributed by atoms with Gasteiger partial charge in [-0.3, -0.25) is 0 Å². The Hall–Kier alpha value is -2.53. The second kappa shape index (κ2) is 5.09. The highest BCUT2D eigenvalue weighted by atomic mass is 14.8. The van der Waals surface area contributed by atoms with Gasteiger partial charge in [0.05, 0.1) is 6.07 Å². The number of nitriles is 1. The molecule has 2 atom stereocenters. The molecule has 0 spiro atoms. The van der Waals surface area contributed by atoms with Crippen LogP contribution < -0.4 is 0 Å². The highest BCUT2D eigenvalue weighted by molar-refractivity contribution is 6.03. The van der Waals surface area contributed by atoms with Crippen LogP contribution in [0.3, 0.4) is 0 Å². The molecule has 5 rings (SSSR count). The van der Waals surface area contributed by atoms with Gasteiger partial charge in [0.25, 0.3) is 0 Å². The van der Waals surface area contributed by atoms with Gasteiger partial charge in [-0.15, -0.1) is 6.58 Å². The van der Waals surface area contributed by atoms with Crippen molar-refractivity contribution in [3.8, 4) is 6.07 Å². The SMILES string of the molecule is C=CC1(C)CCC2C3=C1C=C(C#N)C(C)(C)c1[nH]c4cccc(c4c13)C2(C)C. The average Bonchev–Trinajstić information content (AvgIpc) is 3.01. The number of nitrogens with zero attached hydrogens (tertiary/aromatic N) is 1. The van der Waals surface area contributed by atoms with E-state index in [0.717, 1.165) is 18.4 Å². The minimum absolute atomic E-state index is 0.0597. The first-order valence-corrected chi connectivity index (χ1v) is 10.3. The summed E-state index contributed by atoms with van der Waals surface area (Å²) in [6, 6.07) is 9.21. The van der Waals surface area contributed by atoms with E-state index in [1.165, 1.54) is 38.9 Å². The van der Waals surface area contributed by atoms with E-state index in [-0.39, 0.29) is 16.2 Å². The van der Waals surface area contributed by atoms with Crippen LogP contribution in [0.1, 0.15) is 64.3 Å². The standard InChI is InChI=1S/C26H28N2/c1-7-26(6)12-11-17-20-18(26)13-15(14-27)24(2,3)23-22(20)21-16(25(17,4)5)9-8-10-19(21)28-23/h7-10,13,17,28H,1,11-12H2,2-6H3. The molecule has 142 valence electrons. The van der Waals surface area contributed by atoms with Crippen molar-refractivity contribution in [1.82, 2.24) is 4.98 Å². The number of aromatic nitrogens is 1. The summed E-state index contributed by atoms with van der Waals surface area (Å²) in [5.41, 5.74) is 8.40. The summed E-state index contributed by atoms with van der Waals surface area (Å²) in [5.74, 6) is 0.452. The molecule has 3 aliphatic rings. The highest BCUT2D eigenvalue weighted by Gasteiger charge is 2.50. The van der Waals surface area contributed by atoms with Gasteiger partial charge in [0.2, 0.25) is 0 Å². The van der Waals surface area contributed by atoms with Crippen molar-refractivity contribution in [3.63, 3.8) is 0 Å². The first-order valence-electron chi connectivity index (χ1n) is 10.3. The summed E-state index contributed by atoms with van der Waals surface area (Å²) in [4.78, 5) is 3.74. The second-order valence-corrected chi connectivity index (χ2v) is 10.2. The third-order valence-corrected chi connectivity index (χ3v) is 8.02. The predicted molar refractivity (Wildman–Crippen MR) is 116 cm³/mol. The van der Waals surface area contributed by atoms with E-state index in [0.29, 0.717) is 5.92 Å². The molecular weight excluding hydrogens is 340 g/mol. The van der Waals surface area contributed by atoms with Gasteiger partial charge < -0.3 is 4.98 Å². The number of aromatic amines is 1. The highest BCUT2D eigenvalue weighted by Crippen LogP contribution is 2.62. The summed E-state index contributed by atoms with van der Waals surface area (Å²) >= 11 is 0. The molecule has 0 bridgehead atoms. The maximum absolute atomic E-state index is 10.1. The van der Waals surface area contributed by atoms with Gasteiger partial charge in [-0.2, -0.15) is 5.26 Å². The fraction of sp³-hybridized carbons (Fsp3) is 0.423. The zero-order valence-electron chi connectivity index (χ0n) is 17.5. The maximum Gasteiger partial charge on any atom is 0.0957 e. The summed E-state index contributed by atoms with van der Waals surface area (Å²) < 4.78 is 0. The van der Waals surface area contributed by atoms with E-state index in [9.17, 15) is 5.26 Å². The Balaban J connectivity index is 2.06. The van der Waals surface area contributed by atoms with Crippen LogP contribution in [0.25, 0.3) is 16.5 Å². The fourth-order valence-corrected chi connectivity index (χ4v) is 6.05. The minimum Gasteiger partial charge on any atom is -0.357 e. The predicted octanol–water partition coefficient (Wildman–Crippen LogP) is 6.56. The smallest absolute Gasteiger partial charge is 0.0957 e. The Morgan fingerprint density at radius 2 is 1.96 bits per heavy atom. The third-order valence-electron chi connectivity index (χ3n) is 8.02. The molecule has 0 fully saturated rings. The van der Waals surface area contributed by atoms with Crippen molar-refractivity contribution in [2.45, 2.75) is 58.3 Å². The van der Waals surface area contributed by atoms with Gasteiger partial charge in [0.15, 0.2) is 0 Å². The van der Waals surface area contributed by atoms with Crippen LogP contribution in [0.2, 0.25) is 0 Å². The molecule has 0 saturated carbocycles. The zero-order chi connectivity index (χ0) is 20.1. The van der Waals surface area contributed by atoms with Gasteiger partial charge in [0, 0.05) is 38.6 Å². The summed E-state index contributed by atoms with van der Waals surface area (Å²) in [7, 11) is 0. The van der Waals surface area contributed by atoms with E-state index in [4.69, 9.17) is 0 Å². The lowest BCUT2D eigenvalue weighted by Gasteiger charge is -2.48. The topological polar surface area (TPSA) is 39.6 Å². The van der Waals surface area contributed by atoms with Gasteiger partial charge in [-0.1, -0.05) is 39.0 Å². The zero-order valence-corrected chi connectivity index (χ0v) is 17.5. The molecule has 1 aromatic carbocycles. The molecule has 0 aliphatic heterocycles. The van der Waals surface area contributed by atoms with Gasteiger partial charge in [0.1, 0.15) is 0 Å². The monoisotopic (exact) mass is 368 g/mol. The van der Waals surface area contributed by atoms with Gasteiger partial charge >= 0.3 is 0 Å². The number of allylic oxidation sites excluding steroid dienone is 5. The molecule has 2 nitrogen and oxygen atoms in total. The summed E-state index contributed by atoms with van der Waals surface area (Å²) in [6.45, 7) is 15.6. The molecule has 0 amide bonds. The van der Waals surface area contributed by atoms with Crippen molar-refractivity contribution in [2.24, 2.45) is 11.3 Å². The molecule has 1 N–H and O–H groups in total.